The predicted octanol–water partition coefficient (Wildman–Crippen LogP) is 3.78. The summed E-state index contributed by atoms with van der Waals surface area (Å²) < 4.78 is 0. The van der Waals surface area contributed by atoms with Crippen LogP contribution in [0.5, 0.6) is 0 Å². The lowest BCUT2D eigenvalue weighted by molar-refractivity contribution is 0.277. The van der Waals surface area contributed by atoms with Crippen LogP contribution in [-0.2, 0) is 6.42 Å². The van der Waals surface area contributed by atoms with Crippen LogP contribution in [0, 0.1) is 5.41 Å². The van der Waals surface area contributed by atoms with Crippen LogP contribution < -0.4 is 5.32 Å². The van der Waals surface area contributed by atoms with Gasteiger partial charge in [0, 0.05) is 19.0 Å². The highest BCUT2D eigenvalue weighted by Gasteiger charge is 2.43. The predicted molar refractivity (Wildman–Crippen MR) is 80.4 cm³/mol. The van der Waals surface area contributed by atoms with Crippen molar-refractivity contribution in [3.8, 4) is 0 Å². The van der Waals surface area contributed by atoms with E-state index in [-0.39, 0.29) is 12.4 Å². The van der Waals surface area contributed by atoms with E-state index in [9.17, 15) is 0 Å². The smallest absolute Gasteiger partial charge is 0.00324 e. The van der Waals surface area contributed by atoms with Crippen LogP contribution in [0.1, 0.15) is 42.9 Å². The molecule has 3 rings (SSSR count). The molecule has 1 saturated heterocycles. The standard InChI is InChI=1S/C16H21N.ClH/c1-11(2)12-5-4-6-14-13(12)7-8-16(3)10-17-9-15(14)16;/h4-6,15,17H,1,7-10H2,2-3H3;1H/t15-,16-;/m0./s1. The molecule has 1 aromatic rings. The molecule has 2 heteroatoms. The second kappa shape index (κ2) is 4.71. The first-order valence-electron chi connectivity index (χ1n) is 6.60. The minimum atomic E-state index is 0. The zero-order valence-corrected chi connectivity index (χ0v) is 12.1. The fraction of sp³-hybridized carbons (Fsp3) is 0.500. The summed E-state index contributed by atoms with van der Waals surface area (Å²) in [7, 11) is 0. The third-order valence-corrected chi connectivity index (χ3v) is 4.71. The summed E-state index contributed by atoms with van der Waals surface area (Å²) in [6.45, 7) is 11.0. The molecule has 18 heavy (non-hydrogen) atoms. The van der Waals surface area contributed by atoms with Gasteiger partial charge in [-0.3, -0.25) is 0 Å². The lowest BCUT2D eigenvalue weighted by Crippen LogP contribution is -2.30. The van der Waals surface area contributed by atoms with E-state index in [1.165, 1.54) is 30.5 Å². The second-order valence-electron chi connectivity index (χ2n) is 5.99. The number of allylic oxidation sites excluding steroid dienone is 1. The van der Waals surface area contributed by atoms with Crippen LogP contribution in [0.4, 0.5) is 0 Å². The Morgan fingerprint density at radius 2 is 2.22 bits per heavy atom. The average Bonchev–Trinajstić information content (AvgIpc) is 2.70. The molecule has 0 radical (unpaired) electrons. The molecule has 1 heterocycles. The van der Waals surface area contributed by atoms with Crippen LogP contribution in [0.15, 0.2) is 24.8 Å². The van der Waals surface area contributed by atoms with E-state index in [2.05, 4.69) is 43.9 Å². The molecule has 0 amide bonds. The van der Waals surface area contributed by atoms with E-state index in [0.717, 1.165) is 6.54 Å². The van der Waals surface area contributed by atoms with Gasteiger partial charge in [-0.05, 0) is 41.9 Å². The first kappa shape index (κ1) is 13.6. The number of hydrogen-bond donors (Lipinski definition) is 1. The monoisotopic (exact) mass is 263 g/mol. The Labute approximate surface area is 116 Å². The summed E-state index contributed by atoms with van der Waals surface area (Å²) in [5, 5.41) is 3.57. The van der Waals surface area contributed by atoms with Crippen LogP contribution in [0.25, 0.3) is 5.57 Å². The van der Waals surface area contributed by atoms with Crippen molar-refractivity contribution in [2.24, 2.45) is 5.41 Å². The zero-order valence-electron chi connectivity index (χ0n) is 11.3. The molecular weight excluding hydrogens is 242 g/mol. The lowest BCUT2D eigenvalue weighted by Gasteiger charge is -2.37. The molecular formula is C16H22ClN. The fourth-order valence-corrected chi connectivity index (χ4v) is 3.64. The maximum absolute atomic E-state index is 4.12. The maximum atomic E-state index is 4.12. The first-order valence-corrected chi connectivity index (χ1v) is 6.60. The second-order valence-corrected chi connectivity index (χ2v) is 5.99. The molecule has 2 aliphatic rings. The van der Waals surface area contributed by atoms with Crippen molar-refractivity contribution in [2.75, 3.05) is 13.1 Å². The minimum absolute atomic E-state index is 0. The van der Waals surface area contributed by atoms with Crippen molar-refractivity contribution >= 4 is 18.0 Å². The average molecular weight is 264 g/mol. The van der Waals surface area contributed by atoms with Crippen molar-refractivity contribution in [1.29, 1.82) is 0 Å². The number of fused-ring (bicyclic) bond motifs is 3. The van der Waals surface area contributed by atoms with Gasteiger partial charge >= 0.3 is 0 Å². The quantitative estimate of drug-likeness (QED) is 0.813. The molecule has 98 valence electrons. The molecule has 1 aromatic carbocycles. The summed E-state index contributed by atoms with van der Waals surface area (Å²) in [5.74, 6) is 0.700. The van der Waals surface area contributed by atoms with E-state index in [0.29, 0.717) is 11.3 Å². The number of rotatable bonds is 1. The number of benzene rings is 1. The topological polar surface area (TPSA) is 12.0 Å². The van der Waals surface area contributed by atoms with Gasteiger partial charge in [0.2, 0.25) is 0 Å². The van der Waals surface area contributed by atoms with Gasteiger partial charge in [-0.2, -0.15) is 0 Å². The minimum Gasteiger partial charge on any atom is -0.316 e. The molecule has 2 atom stereocenters. The van der Waals surface area contributed by atoms with E-state index in [1.807, 2.05) is 0 Å². The maximum Gasteiger partial charge on any atom is 0.00324 e. The van der Waals surface area contributed by atoms with E-state index in [4.69, 9.17) is 0 Å². The molecule has 1 nitrogen and oxygen atoms in total. The van der Waals surface area contributed by atoms with E-state index in [1.54, 1.807) is 11.1 Å². The van der Waals surface area contributed by atoms with Crippen LogP contribution in [-0.4, -0.2) is 13.1 Å². The molecule has 1 N–H and O–H groups in total. The highest BCUT2D eigenvalue weighted by molar-refractivity contribution is 5.85. The Balaban J connectivity index is 0.00000120. The molecule has 1 fully saturated rings. The van der Waals surface area contributed by atoms with E-state index >= 15 is 0 Å². The van der Waals surface area contributed by atoms with Gasteiger partial charge in [0.15, 0.2) is 0 Å². The Kier molecular flexibility index (Phi) is 3.57. The highest BCUT2D eigenvalue weighted by atomic mass is 35.5. The Hall–Kier alpha value is -0.790. The third kappa shape index (κ3) is 1.90. The van der Waals surface area contributed by atoms with Crippen LogP contribution >= 0.6 is 12.4 Å². The van der Waals surface area contributed by atoms with Gasteiger partial charge in [0.05, 0.1) is 0 Å². The normalized spacial score (nSPS) is 29.1. The molecule has 0 unspecified atom stereocenters. The summed E-state index contributed by atoms with van der Waals surface area (Å²) >= 11 is 0. The van der Waals surface area contributed by atoms with Crippen LogP contribution in [0.3, 0.4) is 0 Å². The Morgan fingerprint density at radius 1 is 1.44 bits per heavy atom. The van der Waals surface area contributed by atoms with Crippen molar-refractivity contribution in [3.63, 3.8) is 0 Å². The summed E-state index contributed by atoms with van der Waals surface area (Å²) in [5.41, 5.74) is 6.20. The van der Waals surface area contributed by atoms with E-state index < -0.39 is 0 Å². The van der Waals surface area contributed by atoms with Gasteiger partial charge < -0.3 is 5.32 Å². The molecule has 0 spiro atoms. The molecule has 1 aliphatic heterocycles. The third-order valence-electron chi connectivity index (χ3n) is 4.71. The summed E-state index contributed by atoms with van der Waals surface area (Å²) in [4.78, 5) is 0. The summed E-state index contributed by atoms with van der Waals surface area (Å²) in [6.07, 6.45) is 2.52. The van der Waals surface area contributed by atoms with Crippen molar-refractivity contribution in [1.82, 2.24) is 5.32 Å². The number of nitrogens with one attached hydrogen (secondary N) is 1. The lowest BCUT2D eigenvalue weighted by atomic mass is 9.66. The largest absolute Gasteiger partial charge is 0.316 e. The van der Waals surface area contributed by atoms with Crippen molar-refractivity contribution < 1.29 is 0 Å². The molecule has 1 aliphatic carbocycles. The zero-order chi connectivity index (χ0) is 12.0. The first-order chi connectivity index (χ1) is 8.12. The van der Waals surface area contributed by atoms with Crippen molar-refractivity contribution in [3.05, 3.63) is 41.5 Å². The Morgan fingerprint density at radius 3 is 2.94 bits per heavy atom. The molecule has 0 bridgehead atoms. The summed E-state index contributed by atoms with van der Waals surface area (Å²) in [6, 6.07) is 6.76. The number of hydrogen-bond acceptors (Lipinski definition) is 1. The van der Waals surface area contributed by atoms with Gasteiger partial charge in [-0.25, -0.2) is 0 Å². The van der Waals surface area contributed by atoms with Gasteiger partial charge in [0.25, 0.3) is 0 Å². The highest BCUT2D eigenvalue weighted by Crippen LogP contribution is 2.48. The van der Waals surface area contributed by atoms with Gasteiger partial charge in [-0.1, -0.05) is 37.3 Å². The number of halogens is 1. The van der Waals surface area contributed by atoms with Gasteiger partial charge in [-0.15, -0.1) is 12.4 Å². The van der Waals surface area contributed by atoms with Crippen molar-refractivity contribution in [2.45, 2.75) is 32.6 Å². The Bertz CT molecular complexity index is 480. The molecule has 0 saturated carbocycles. The van der Waals surface area contributed by atoms with Crippen LogP contribution in [0.2, 0.25) is 0 Å². The molecule has 0 aromatic heterocycles. The van der Waals surface area contributed by atoms with Gasteiger partial charge in [0.1, 0.15) is 0 Å². The SMILES string of the molecule is C=C(C)c1cccc2c1CC[C@@]1(C)CNC[C@@H]21.Cl. The fourth-order valence-electron chi connectivity index (χ4n) is 3.64.